The fourth-order valence-corrected chi connectivity index (χ4v) is 4.94. The van der Waals surface area contributed by atoms with Gasteiger partial charge in [-0.3, -0.25) is 14.4 Å². The Kier molecular flexibility index (Phi) is 4.65. The van der Waals surface area contributed by atoms with Crippen molar-refractivity contribution < 1.29 is 14.4 Å². The first-order chi connectivity index (χ1) is 15.0. The van der Waals surface area contributed by atoms with Gasteiger partial charge in [-0.2, -0.15) is 0 Å². The molecule has 158 valence electrons. The highest BCUT2D eigenvalue weighted by Gasteiger charge is 2.44. The lowest BCUT2D eigenvalue weighted by Gasteiger charge is -2.42. The molecular weight excluding hydrogens is 390 g/mol. The van der Waals surface area contributed by atoms with Gasteiger partial charge in [0.05, 0.1) is 6.54 Å². The summed E-state index contributed by atoms with van der Waals surface area (Å²) in [5, 5.41) is 1.03. The topological polar surface area (TPSA) is 62.6 Å². The summed E-state index contributed by atoms with van der Waals surface area (Å²) in [7, 11) is 1.70. The van der Waals surface area contributed by atoms with Crippen LogP contribution in [0.2, 0.25) is 0 Å². The molecule has 0 aliphatic carbocycles. The summed E-state index contributed by atoms with van der Waals surface area (Å²) in [6.07, 6.45) is 1.21. The zero-order valence-corrected chi connectivity index (χ0v) is 17.8. The normalized spacial score (nSPS) is 18.3. The molecule has 31 heavy (non-hydrogen) atoms. The molecule has 6 nitrogen and oxygen atoms in total. The first kappa shape index (κ1) is 19.5. The second kappa shape index (κ2) is 7.38. The van der Waals surface area contributed by atoms with Crippen LogP contribution in [0.4, 0.5) is 0 Å². The summed E-state index contributed by atoms with van der Waals surface area (Å²) in [6.45, 7) is 3.22. The predicted octanol–water partition coefficient (Wildman–Crippen LogP) is 3.18. The molecule has 2 amide bonds. The van der Waals surface area contributed by atoms with Crippen LogP contribution in [0.1, 0.15) is 46.6 Å². The van der Waals surface area contributed by atoms with Crippen LogP contribution in [-0.4, -0.2) is 52.1 Å². The Bertz CT molecular complexity index is 1210. The smallest absolute Gasteiger partial charge is 0.250 e. The standard InChI is InChI=1S/C25H25N3O3/c1-3-21(29)17-10-8-16(9-11-17)14-28-19-7-5-4-6-18(19)23-20(28)12-13-27-22(30)15-26(2)25(31)24(23)27/h4-11,24H,3,12-15H2,1-2H3. The summed E-state index contributed by atoms with van der Waals surface area (Å²) in [6, 6.07) is 15.3. The lowest BCUT2D eigenvalue weighted by atomic mass is 9.93. The number of benzene rings is 2. The van der Waals surface area contributed by atoms with Crippen molar-refractivity contribution in [3.63, 3.8) is 0 Å². The van der Waals surface area contributed by atoms with E-state index in [1.165, 1.54) is 4.90 Å². The SMILES string of the molecule is CCC(=O)c1ccc(Cn2c3c(c4ccccc42)C2C(=O)N(C)CC(=O)N2CC3)cc1. The number of carbonyl (C=O) groups is 3. The number of nitrogens with zero attached hydrogens (tertiary/aromatic N) is 3. The first-order valence-corrected chi connectivity index (χ1v) is 10.8. The zero-order valence-electron chi connectivity index (χ0n) is 17.8. The van der Waals surface area contributed by atoms with E-state index < -0.39 is 6.04 Å². The van der Waals surface area contributed by atoms with E-state index in [0.717, 1.165) is 39.7 Å². The Hall–Kier alpha value is -3.41. The molecule has 3 aromatic rings. The molecule has 0 N–H and O–H groups in total. The highest BCUT2D eigenvalue weighted by molar-refractivity contribution is 6.00. The number of amides is 2. The molecule has 3 heterocycles. The van der Waals surface area contributed by atoms with Gasteiger partial charge in [0, 0.05) is 60.7 Å². The number of para-hydroxylation sites is 1. The maximum atomic E-state index is 13.1. The van der Waals surface area contributed by atoms with Gasteiger partial charge in [0.25, 0.3) is 0 Å². The highest BCUT2D eigenvalue weighted by Crippen LogP contribution is 2.40. The van der Waals surface area contributed by atoms with E-state index in [0.29, 0.717) is 19.5 Å². The van der Waals surface area contributed by atoms with Crippen LogP contribution in [0.5, 0.6) is 0 Å². The fourth-order valence-electron chi connectivity index (χ4n) is 4.94. The summed E-state index contributed by atoms with van der Waals surface area (Å²) in [4.78, 5) is 41.0. The molecule has 0 saturated carbocycles. The van der Waals surface area contributed by atoms with Crippen LogP contribution in [0, 0.1) is 0 Å². The second-order valence-electron chi connectivity index (χ2n) is 8.37. The Labute approximate surface area is 181 Å². The van der Waals surface area contributed by atoms with E-state index >= 15 is 0 Å². The molecule has 6 heteroatoms. The van der Waals surface area contributed by atoms with E-state index in [2.05, 4.69) is 10.6 Å². The number of fused-ring (bicyclic) bond motifs is 5. The average Bonchev–Trinajstić information content (AvgIpc) is 3.11. The molecule has 1 fully saturated rings. The molecule has 1 aromatic heterocycles. The van der Waals surface area contributed by atoms with Crippen molar-refractivity contribution in [1.29, 1.82) is 0 Å². The molecule has 1 saturated heterocycles. The van der Waals surface area contributed by atoms with E-state index in [9.17, 15) is 14.4 Å². The van der Waals surface area contributed by atoms with Crippen molar-refractivity contribution in [2.24, 2.45) is 0 Å². The molecule has 5 rings (SSSR count). The van der Waals surface area contributed by atoms with Crippen molar-refractivity contribution in [2.75, 3.05) is 20.1 Å². The molecule has 2 aliphatic rings. The van der Waals surface area contributed by atoms with Crippen LogP contribution >= 0.6 is 0 Å². The van der Waals surface area contributed by atoms with Crippen molar-refractivity contribution in [1.82, 2.24) is 14.4 Å². The Morgan fingerprint density at radius 3 is 2.55 bits per heavy atom. The minimum atomic E-state index is -0.550. The van der Waals surface area contributed by atoms with Crippen LogP contribution < -0.4 is 0 Å². The number of rotatable bonds is 4. The Morgan fingerprint density at radius 2 is 1.81 bits per heavy atom. The third-order valence-corrected chi connectivity index (χ3v) is 6.54. The molecule has 2 aliphatic heterocycles. The van der Waals surface area contributed by atoms with Gasteiger partial charge in [-0.05, 0) is 11.6 Å². The van der Waals surface area contributed by atoms with Gasteiger partial charge in [0.2, 0.25) is 11.8 Å². The van der Waals surface area contributed by atoms with Crippen LogP contribution in [0.3, 0.4) is 0 Å². The van der Waals surface area contributed by atoms with Gasteiger partial charge in [-0.15, -0.1) is 0 Å². The van der Waals surface area contributed by atoms with Crippen molar-refractivity contribution >= 4 is 28.5 Å². The molecule has 0 spiro atoms. The number of carbonyl (C=O) groups excluding carboxylic acids is 3. The summed E-state index contributed by atoms with van der Waals surface area (Å²) in [5.41, 5.74) is 4.98. The van der Waals surface area contributed by atoms with Gasteiger partial charge in [-0.1, -0.05) is 49.4 Å². The quantitative estimate of drug-likeness (QED) is 0.615. The van der Waals surface area contributed by atoms with E-state index in [4.69, 9.17) is 0 Å². The van der Waals surface area contributed by atoms with E-state index in [1.54, 1.807) is 11.9 Å². The summed E-state index contributed by atoms with van der Waals surface area (Å²) < 4.78 is 2.27. The van der Waals surface area contributed by atoms with Gasteiger partial charge in [0.15, 0.2) is 5.78 Å². The monoisotopic (exact) mass is 415 g/mol. The van der Waals surface area contributed by atoms with Crippen molar-refractivity contribution in [2.45, 2.75) is 32.4 Å². The fraction of sp³-hybridized carbons (Fsp3) is 0.320. The van der Waals surface area contributed by atoms with Crippen molar-refractivity contribution in [3.05, 3.63) is 70.9 Å². The van der Waals surface area contributed by atoms with Gasteiger partial charge in [0.1, 0.15) is 6.04 Å². The van der Waals surface area contributed by atoms with Gasteiger partial charge < -0.3 is 14.4 Å². The summed E-state index contributed by atoms with van der Waals surface area (Å²) in [5.74, 6) is 0.122. The minimum Gasteiger partial charge on any atom is -0.340 e. The lowest BCUT2D eigenvalue weighted by Crippen LogP contribution is -2.56. The molecule has 1 unspecified atom stereocenters. The predicted molar refractivity (Wildman–Crippen MR) is 118 cm³/mol. The molecule has 0 bridgehead atoms. The van der Waals surface area contributed by atoms with Crippen LogP contribution in [0.25, 0.3) is 10.9 Å². The third-order valence-electron chi connectivity index (χ3n) is 6.54. The van der Waals surface area contributed by atoms with E-state index in [1.807, 2.05) is 49.4 Å². The number of hydrogen-bond acceptors (Lipinski definition) is 3. The third kappa shape index (κ3) is 3.05. The highest BCUT2D eigenvalue weighted by atomic mass is 16.2. The number of piperazine rings is 1. The number of Topliss-reactive ketones (excluding diaryl/α,β-unsaturated/α-hetero) is 1. The van der Waals surface area contributed by atoms with Crippen LogP contribution in [0.15, 0.2) is 48.5 Å². The average molecular weight is 415 g/mol. The molecular formula is C25H25N3O3. The zero-order chi connectivity index (χ0) is 21.7. The minimum absolute atomic E-state index is 0.00533. The second-order valence-corrected chi connectivity index (χ2v) is 8.37. The first-order valence-electron chi connectivity index (χ1n) is 10.8. The number of hydrogen-bond donors (Lipinski definition) is 0. The molecule has 2 aromatic carbocycles. The maximum absolute atomic E-state index is 13.1. The van der Waals surface area contributed by atoms with E-state index in [-0.39, 0.29) is 24.1 Å². The maximum Gasteiger partial charge on any atom is 0.250 e. The molecule has 1 atom stereocenters. The lowest BCUT2D eigenvalue weighted by molar-refractivity contribution is -0.155. The summed E-state index contributed by atoms with van der Waals surface area (Å²) >= 11 is 0. The Balaban J connectivity index is 1.61. The number of ketones is 1. The van der Waals surface area contributed by atoms with Crippen molar-refractivity contribution in [3.8, 4) is 0 Å². The van der Waals surface area contributed by atoms with Gasteiger partial charge >= 0.3 is 0 Å². The Morgan fingerprint density at radius 1 is 1.06 bits per heavy atom. The number of likely N-dealkylation sites (N-methyl/N-ethyl adjacent to an activating group) is 1. The van der Waals surface area contributed by atoms with Crippen LogP contribution in [-0.2, 0) is 22.6 Å². The largest absolute Gasteiger partial charge is 0.340 e. The molecule has 0 radical (unpaired) electrons. The van der Waals surface area contributed by atoms with Gasteiger partial charge in [-0.25, -0.2) is 0 Å². The number of aromatic nitrogens is 1.